The second kappa shape index (κ2) is 10.0. The van der Waals surface area contributed by atoms with Gasteiger partial charge in [0.25, 0.3) is 0 Å². The molecule has 28 heavy (non-hydrogen) atoms. The Bertz CT molecular complexity index is 796. The minimum absolute atomic E-state index is 0.0638. The Labute approximate surface area is 168 Å². The standard InChI is InChI=1S/C26H32F2/c1-3-5-7-9-19-11-12-22-18-23(14-13-21(22)15-19)26-24(27)16-20(17-25(26)28)10-8-6-4-2/h3,5,11-12,15-17,23H,4,6-10,13-14,18H2,1-2H3/b5-3+. The highest BCUT2D eigenvalue weighted by Crippen LogP contribution is 2.36. The summed E-state index contributed by atoms with van der Waals surface area (Å²) >= 11 is 0. The molecule has 0 fully saturated rings. The Morgan fingerprint density at radius 3 is 2.46 bits per heavy atom. The van der Waals surface area contributed by atoms with Crippen molar-refractivity contribution in [2.75, 3.05) is 0 Å². The van der Waals surface area contributed by atoms with Crippen molar-refractivity contribution in [3.63, 3.8) is 0 Å². The molecule has 0 aliphatic heterocycles. The average molecular weight is 383 g/mol. The van der Waals surface area contributed by atoms with Crippen LogP contribution in [0.15, 0.2) is 42.5 Å². The Hall–Kier alpha value is -1.96. The summed E-state index contributed by atoms with van der Waals surface area (Å²) in [6.45, 7) is 4.18. The summed E-state index contributed by atoms with van der Waals surface area (Å²) in [6, 6.07) is 9.76. The number of allylic oxidation sites excluding steroid dienone is 2. The third-order valence-electron chi connectivity index (χ3n) is 5.95. The molecule has 2 heteroatoms. The predicted molar refractivity (Wildman–Crippen MR) is 114 cm³/mol. The maximum Gasteiger partial charge on any atom is 0.129 e. The first kappa shape index (κ1) is 20.8. The normalized spacial score (nSPS) is 16.5. The number of benzene rings is 2. The van der Waals surface area contributed by atoms with E-state index in [4.69, 9.17) is 0 Å². The maximum absolute atomic E-state index is 14.8. The van der Waals surface area contributed by atoms with Crippen LogP contribution >= 0.6 is 0 Å². The van der Waals surface area contributed by atoms with Crippen molar-refractivity contribution in [3.05, 3.63) is 81.9 Å². The van der Waals surface area contributed by atoms with Crippen LogP contribution in [-0.4, -0.2) is 0 Å². The lowest BCUT2D eigenvalue weighted by atomic mass is 9.79. The van der Waals surface area contributed by atoms with Crippen molar-refractivity contribution in [2.45, 2.75) is 77.6 Å². The van der Waals surface area contributed by atoms with Crippen LogP contribution in [0.25, 0.3) is 0 Å². The lowest BCUT2D eigenvalue weighted by Crippen LogP contribution is -2.16. The number of unbranched alkanes of at least 4 members (excludes halogenated alkanes) is 2. The highest BCUT2D eigenvalue weighted by Gasteiger charge is 2.26. The molecule has 2 aromatic carbocycles. The number of hydrogen-bond acceptors (Lipinski definition) is 0. The van der Waals surface area contributed by atoms with Gasteiger partial charge < -0.3 is 0 Å². The average Bonchev–Trinajstić information content (AvgIpc) is 2.68. The first-order chi connectivity index (χ1) is 13.6. The second-order valence-electron chi connectivity index (χ2n) is 8.08. The molecule has 1 aliphatic carbocycles. The zero-order valence-corrected chi connectivity index (χ0v) is 17.2. The number of aryl methyl sites for hydroxylation is 3. The summed E-state index contributed by atoms with van der Waals surface area (Å²) in [5.41, 5.74) is 5.03. The lowest BCUT2D eigenvalue weighted by molar-refractivity contribution is 0.489. The van der Waals surface area contributed by atoms with Crippen LogP contribution in [-0.2, 0) is 25.7 Å². The van der Waals surface area contributed by atoms with Crippen molar-refractivity contribution < 1.29 is 8.78 Å². The fourth-order valence-electron chi connectivity index (χ4n) is 4.38. The van der Waals surface area contributed by atoms with Gasteiger partial charge in [0.05, 0.1) is 0 Å². The van der Waals surface area contributed by atoms with Crippen molar-refractivity contribution in [3.8, 4) is 0 Å². The van der Waals surface area contributed by atoms with Crippen molar-refractivity contribution in [1.29, 1.82) is 0 Å². The van der Waals surface area contributed by atoms with E-state index in [0.29, 0.717) is 5.56 Å². The molecule has 0 bridgehead atoms. The van der Waals surface area contributed by atoms with E-state index in [1.165, 1.54) is 16.7 Å². The second-order valence-corrected chi connectivity index (χ2v) is 8.08. The molecule has 0 aromatic heterocycles. The molecule has 0 nitrogen and oxygen atoms in total. The topological polar surface area (TPSA) is 0 Å². The van der Waals surface area contributed by atoms with Crippen molar-refractivity contribution >= 4 is 0 Å². The Balaban J connectivity index is 1.73. The van der Waals surface area contributed by atoms with E-state index in [1.807, 2.05) is 6.92 Å². The molecule has 2 aromatic rings. The van der Waals surface area contributed by atoms with Gasteiger partial charge in [-0.15, -0.1) is 0 Å². The van der Waals surface area contributed by atoms with Gasteiger partial charge in [0.2, 0.25) is 0 Å². The van der Waals surface area contributed by atoms with Crippen LogP contribution in [0.2, 0.25) is 0 Å². The van der Waals surface area contributed by atoms with E-state index in [9.17, 15) is 8.78 Å². The minimum atomic E-state index is -0.358. The van der Waals surface area contributed by atoms with Crippen LogP contribution in [0, 0.1) is 11.6 Å². The van der Waals surface area contributed by atoms with Gasteiger partial charge in [0, 0.05) is 5.56 Å². The van der Waals surface area contributed by atoms with Crippen LogP contribution < -0.4 is 0 Å². The maximum atomic E-state index is 14.8. The van der Waals surface area contributed by atoms with Crippen molar-refractivity contribution in [2.24, 2.45) is 0 Å². The van der Waals surface area contributed by atoms with Crippen molar-refractivity contribution in [1.82, 2.24) is 0 Å². The summed E-state index contributed by atoms with van der Waals surface area (Å²) in [5, 5.41) is 0. The SMILES string of the molecule is C/C=C/CCc1ccc2c(c1)CCC(c1c(F)cc(CCCCC)cc1F)C2. The Kier molecular flexibility index (Phi) is 7.42. The molecule has 1 aliphatic rings. The van der Waals surface area contributed by atoms with E-state index in [-0.39, 0.29) is 17.6 Å². The molecule has 1 atom stereocenters. The highest BCUT2D eigenvalue weighted by atomic mass is 19.1. The molecule has 3 rings (SSSR count). The van der Waals surface area contributed by atoms with Gasteiger partial charge >= 0.3 is 0 Å². The predicted octanol–water partition coefficient (Wildman–Crippen LogP) is 7.48. The summed E-state index contributed by atoms with van der Waals surface area (Å²) < 4.78 is 29.5. The number of halogens is 2. The lowest BCUT2D eigenvalue weighted by Gasteiger charge is -2.26. The summed E-state index contributed by atoms with van der Waals surface area (Å²) in [7, 11) is 0. The zero-order valence-electron chi connectivity index (χ0n) is 17.2. The quantitative estimate of drug-likeness (QED) is 0.328. The molecule has 0 N–H and O–H groups in total. The molecule has 0 heterocycles. The summed E-state index contributed by atoms with van der Waals surface area (Å²) in [6.07, 6.45) is 12.8. The molecule has 0 saturated carbocycles. The molecule has 0 radical (unpaired) electrons. The van der Waals surface area contributed by atoms with Gasteiger partial charge in [-0.3, -0.25) is 0 Å². The number of fused-ring (bicyclic) bond motifs is 1. The van der Waals surface area contributed by atoms with Gasteiger partial charge in [-0.2, -0.15) is 0 Å². The van der Waals surface area contributed by atoms with Crippen LogP contribution in [0.5, 0.6) is 0 Å². The number of rotatable bonds is 8. The van der Waals surface area contributed by atoms with Gasteiger partial charge in [0.1, 0.15) is 11.6 Å². The molecule has 0 saturated heterocycles. The van der Waals surface area contributed by atoms with E-state index in [1.54, 1.807) is 12.1 Å². The molecule has 150 valence electrons. The van der Waals surface area contributed by atoms with Gasteiger partial charge in [0.15, 0.2) is 0 Å². The first-order valence-electron chi connectivity index (χ1n) is 10.8. The smallest absolute Gasteiger partial charge is 0.129 e. The minimum Gasteiger partial charge on any atom is -0.207 e. The molecule has 1 unspecified atom stereocenters. The van der Waals surface area contributed by atoms with Gasteiger partial charge in [-0.1, -0.05) is 50.1 Å². The van der Waals surface area contributed by atoms with E-state index >= 15 is 0 Å². The fraction of sp³-hybridized carbons (Fsp3) is 0.462. The molecular formula is C26H32F2. The monoisotopic (exact) mass is 382 g/mol. The van der Waals surface area contributed by atoms with E-state index < -0.39 is 0 Å². The largest absolute Gasteiger partial charge is 0.207 e. The number of hydrogen-bond donors (Lipinski definition) is 0. The van der Waals surface area contributed by atoms with Gasteiger partial charge in [-0.05, 0) is 92.2 Å². The van der Waals surface area contributed by atoms with Crippen LogP contribution in [0.4, 0.5) is 8.78 Å². The first-order valence-corrected chi connectivity index (χ1v) is 10.8. The highest BCUT2D eigenvalue weighted by molar-refractivity contribution is 5.38. The zero-order chi connectivity index (χ0) is 19.9. The summed E-state index contributed by atoms with van der Waals surface area (Å²) in [5.74, 6) is -0.781. The van der Waals surface area contributed by atoms with E-state index in [0.717, 1.165) is 63.4 Å². The third kappa shape index (κ3) is 5.10. The van der Waals surface area contributed by atoms with Crippen LogP contribution in [0.3, 0.4) is 0 Å². The molecular weight excluding hydrogens is 350 g/mol. The fourth-order valence-corrected chi connectivity index (χ4v) is 4.38. The van der Waals surface area contributed by atoms with Gasteiger partial charge in [-0.25, -0.2) is 8.78 Å². The van der Waals surface area contributed by atoms with Crippen LogP contribution in [0.1, 0.15) is 79.7 Å². The molecule has 0 amide bonds. The summed E-state index contributed by atoms with van der Waals surface area (Å²) in [4.78, 5) is 0. The Morgan fingerprint density at radius 1 is 0.964 bits per heavy atom. The van der Waals surface area contributed by atoms with E-state index in [2.05, 4.69) is 37.3 Å². The molecule has 0 spiro atoms. The third-order valence-corrected chi connectivity index (χ3v) is 5.95. The Morgan fingerprint density at radius 2 is 1.75 bits per heavy atom.